The lowest BCUT2D eigenvalue weighted by Gasteiger charge is -2.27. The summed E-state index contributed by atoms with van der Waals surface area (Å²) in [6.07, 6.45) is 2.60. The molecule has 0 heterocycles. The van der Waals surface area contributed by atoms with E-state index in [2.05, 4.69) is 13.2 Å². The number of aliphatic hydroxyl groups excluding tert-OH is 1. The molecule has 2 N–H and O–H groups in total. The van der Waals surface area contributed by atoms with Gasteiger partial charge in [0.1, 0.15) is 0 Å². The van der Waals surface area contributed by atoms with E-state index in [1.165, 1.54) is 13.8 Å². The van der Waals surface area contributed by atoms with Crippen LogP contribution in [-0.4, -0.2) is 34.2 Å². The van der Waals surface area contributed by atoms with Crippen molar-refractivity contribution in [3.05, 3.63) is 24.3 Å². The highest BCUT2D eigenvalue weighted by Crippen LogP contribution is 2.22. The molecule has 0 rings (SSSR count). The zero-order chi connectivity index (χ0) is 18.0. The molecule has 23 heavy (non-hydrogen) atoms. The van der Waals surface area contributed by atoms with Crippen LogP contribution in [0.5, 0.6) is 0 Å². The Balaban J connectivity index is 4.71. The van der Waals surface area contributed by atoms with E-state index in [1.807, 2.05) is 6.92 Å². The molecule has 0 aliphatic heterocycles. The molecule has 0 saturated carbocycles. The summed E-state index contributed by atoms with van der Waals surface area (Å²) in [6.45, 7) is 11.7. The second-order valence-corrected chi connectivity index (χ2v) is 5.74. The van der Waals surface area contributed by atoms with E-state index in [4.69, 9.17) is 9.47 Å². The first-order valence-electron chi connectivity index (χ1n) is 7.79. The minimum absolute atomic E-state index is 0.0674. The molecule has 0 aromatic carbocycles. The number of carbonyl (C=O) groups is 2. The summed E-state index contributed by atoms with van der Waals surface area (Å²) in [4.78, 5) is 23.2. The topological polar surface area (TPSA) is 93.1 Å². The highest BCUT2D eigenvalue weighted by atomic mass is 16.8. The highest BCUT2D eigenvalue weighted by molar-refractivity contribution is 5.88. The maximum Gasteiger partial charge on any atom is 0.373 e. The van der Waals surface area contributed by atoms with Crippen molar-refractivity contribution < 1.29 is 29.3 Å². The first kappa shape index (κ1) is 21.3. The van der Waals surface area contributed by atoms with E-state index in [-0.39, 0.29) is 17.6 Å². The maximum atomic E-state index is 11.6. The molecule has 0 radical (unpaired) electrons. The Morgan fingerprint density at radius 1 is 1.04 bits per heavy atom. The summed E-state index contributed by atoms with van der Waals surface area (Å²) in [5.41, 5.74) is 0.135. The Morgan fingerprint density at radius 2 is 1.48 bits per heavy atom. The molecule has 0 aromatic rings. The zero-order valence-electron chi connectivity index (χ0n) is 14.3. The summed E-state index contributed by atoms with van der Waals surface area (Å²) in [5, 5.41) is 20.1. The van der Waals surface area contributed by atoms with Crippen LogP contribution >= 0.6 is 0 Å². The van der Waals surface area contributed by atoms with E-state index in [1.54, 1.807) is 0 Å². The molecule has 0 spiro atoms. The van der Waals surface area contributed by atoms with Crippen LogP contribution in [0.4, 0.5) is 0 Å². The fourth-order valence-corrected chi connectivity index (χ4v) is 1.73. The first-order valence-corrected chi connectivity index (χ1v) is 7.79. The number of carbonyl (C=O) groups excluding carboxylic acids is 2. The number of aliphatic hydroxyl groups is 2. The molecule has 0 fully saturated rings. The van der Waals surface area contributed by atoms with Crippen LogP contribution in [0.3, 0.4) is 0 Å². The third-order valence-corrected chi connectivity index (χ3v) is 3.12. The lowest BCUT2D eigenvalue weighted by molar-refractivity contribution is -0.325. The Morgan fingerprint density at radius 3 is 1.87 bits per heavy atom. The van der Waals surface area contributed by atoms with E-state index in [0.29, 0.717) is 19.3 Å². The number of hydrogen-bond donors (Lipinski definition) is 2. The average molecular weight is 328 g/mol. The molecule has 1 unspecified atom stereocenters. The van der Waals surface area contributed by atoms with Crippen molar-refractivity contribution in [2.45, 2.75) is 71.4 Å². The van der Waals surface area contributed by atoms with Crippen LogP contribution in [0.25, 0.3) is 0 Å². The van der Waals surface area contributed by atoms with Gasteiger partial charge in [-0.15, -0.1) is 0 Å². The van der Waals surface area contributed by atoms with Crippen LogP contribution in [0.15, 0.2) is 24.3 Å². The van der Waals surface area contributed by atoms with Crippen molar-refractivity contribution in [3.63, 3.8) is 0 Å². The molecule has 0 aliphatic rings. The number of hydrogen-bond acceptors (Lipinski definition) is 6. The van der Waals surface area contributed by atoms with Crippen molar-refractivity contribution in [1.82, 2.24) is 0 Å². The van der Waals surface area contributed by atoms with Crippen molar-refractivity contribution in [3.8, 4) is 0 Å². The van der Waals surface area contributed by atoms with E-state index < -0.39 is 24.0 Å². The van der Waals surface area contributed by atoms with Gasteiger partial charge in [-0.2, -0.15) is 0 Å². The molecule has 0 saturated heterocycles. The van der Waals surface area contributed by atoms with Crippen LogP contribution in [0.2, 0.25) is 0 Å². The molecule has 0 aliphatic carbocycles. The van der Waals surface area contributed by atoms with E-state index in [0.717, 1.165) is 12.8 Å². The Labute approximate surface area is 137 Å². The van der Waals surface area contributed by atoms with Crippen molar-refractivity contribution in [1.29, 1.82) is 0 Å². The fraction of sp³-hybridized carbons (Fsp3) is 0.647. The van der Waals surface area contributed by atoms with Crippen LogP contribution in [0.1, 0.15) is 59.3 Å². The molecule has 0 bridgehead atoms. The van der Waals surface area contributed by atoms with Gasteiger partial charge in [0.25, 0.3) is 0 Å². The summed E-state index contributed by atoms with van der Waals surface area (Å²) in [6, 6.07) is 0. The number of esters is 2. The van der Waals surface area contributed by atoms with E-state index >= 15 is 0 Å². The second kappa shape index (κ2) is 10.2. The predicted molar refractivity (Wildman–Crippen MR) is 86.1 cm³/mol. The van der Waals surface area contributed by atoms with Gasteiger partial charge in [0.05, 0.1) is 12.5 Å². The molecule has 132 valence electrons. The predicted octanol–water partition coefficient (Wildman–Crippen LogP) is 2.59. The largest absolute Gasteiger partial charge is 0.395 e. The molecular formula is C17H28O6. The van der Waals surface area contributed by atoms with Gasteiger partial charge in [0.2, 0.25) is 0 Å². The van der Waals surface area contributed by atoms with Gasteiger partial charge in [-0.3, -0.25) is 0 Å². The third kappa shape index (κ3) is 9.15. The monoisotopic (exact) mass is 328 g/mol. The summed E-state index contributed by atoms with van der Waals surface area (Å²) in [5.74, 6) is -4.13. The maximum absolute atomic E-state index is 11.6. The number of unbranched alkanes of at least 4 members (excludes halogenated alkanes) is 1. The van der Waals surface area contributed by atoms with Crippen molar-refractivity contribution >= 4 is 11.9 Å². The molecule has 0 amide bonds. The number of rotatable bonds is 11. The molecule has 0 aromatic heterocycles. The van der Waals surface area contributed by atoms with Gasteiger partial charge >= 0.3 is 17.9 Å². The second-order valence-electron chi connectivity index (χ2n) is 5.74. The minimum atomic E-state index is -2.39. The van der Waals surface area contributed by atoms with Gasteiger partial charge in [-0.1, -0.05) is 32.9 Å². The molecule has 1 atom stereocenters. The Kier molecular flexibility index (Phi) is 9.44. The zero-order valence-corrected chi connectivity index (χ0v) is 14.3. The standard InChI is InChI=1S/C17H28O6/c1-6-7-9-14(18)10-8-11-17(21,22-15(19)12(2)3)23-16(20)13(4)5/h14,18,21H,2,4,6-11H2,1,3,5H3. The third-order valence-electron chi connectivity index (χ3n) is 3.12. The summed E-state index contributed by atoms with van der Waals surface area (Å²) in [7, 11) is 0. The lowest BCUT2D eigenvalue weighted by Crippen LogP contribution is -2.40. The minimum Gasteiger partial charge on any atom is -0.395 e. The first-order chi connectivity index (χ1) is 10.6. The van der Waals surface area contributed by atoms with E-state index in [9.17, 15) is 19.8 Å². The SMILES string of the molecule is C=C(C)C(=O)OC(O)(CCCC(O)CCCC)OC(=O)C(=C)C. The van der Waals surface area contributed by atoms with Gasteiger partial charge in [0.15, 0.2) is 0 Å². The van der Waals surface area contributed by atoms with Gasteiger partial charge in [0, 0.05) is 11.1 Å². The van der Waals surface area contributed by atoms with Crippen LogP contribution < -0.4 is 0 Å². The van der Waals surface area contributed by atoms with Crippen molar-refractivity contribution in [2.75, 3.05) is 0 Å². The molecule has 6 heteroatoms. The molecular weight excluding hydrogens is 300 g/mol. The number of ether oxygens (including phenoxy) is 2. The summed E-state index contributed by atoms with van der Waals surface area (Å²) < 4.78 is 9.67. The van der Waals surface area contributed by atoms with Gasteiger partial charge in [-0.25, -0.2) is 9.59 Å². The summed E-state index contributed by atoms with van der Waals surface area (Å²) >= 11 is 0. The normalized spacial score (nSPS) is 12.4. The Hall–Kier alpha value is -1.66. The van der Waals surface area contributed by atoms with Gasteiger partial charge in [-0.05, 0) is 33.1 Å². The van der Waals surface area contributed by atoms with Crippen molar-refractivity contribution in [2.24, 2.45) is 0 Å². The highest BCUT2D eigenvalue weighted by Gasteiger charge is 2.36. The quantitative estimate of drug-likeness (QED) is 0.344. The van der Waals surface area contributed by atoms with Gasteiger partial charge < -0.3 is 19.7 Å². The molecule has 6 nitrogen and oxygen atoms in total. The smallest absolute Gasteiger partial charge is 0.373 e. The average Bonchev–Trinajstić information content (AvgIpc) is 2.44. The lowest BCUT2D eigenvalue weighted by atomic mass is 10.1. The van der Waals surface area contributed by atoms with Crippen LogP contribution in [-0.2, 0) is 19.1 Å². The van der Waals surface area contributed by atoms with Crippen LogP contribution in [0, 0.1) is 0 Å². The fourth-order valence-electron chi connectivity index (χ4n) is 1.73. The Bertz CT molecular complexity index is 412.